The Labute approximate surface area is 234 Å². The third-order valence-electron chi connectivity index (χ3n) is 7.09. The van der Waals surface area contributed by atoms with Gasteiger partial charge < -0.3 is 79.9 Å². The Morgan fingerprint density at radius 2 is 1.10 bits per heavy atom. The van der Waals surface area contributed by atoms with Gasteiger partial charge in [0.2, 0.25) is 11.8 Å². The molecule has 3 saturated heterocycles. The summed E-state index contributed by atoms with van der Waals surface area (Å²) in [5.41, 5.74) is 0. The van der Waals surface area contributed by atoms with Crippen molar-refractivity contribution in [2.24, 2.45) is 0 Å². The first-order chi connectivity index (χ1) is 19.3. The molecule has 2 amide bonds. The Hall–Kier alpha value is -1.62. The normalized spacial score (nSPS) is 45.2. The Bertz CT molecular complexity index is 866. The van der Waals surface area contributed by atoms with E-state index in [0.29, 0.717) is 0 Å². The van der Waals surface area contributed by atoms with E-state index in [4.69, 9.17) is 28.4 Å². The highest BCUT2D eigenvalue weighted by molar-refractivity contribution is 5.73. The van der Waals surface area contributed by atoms with Crippen molar-refractivity contribution in [1.82, 2.24) is 10.6 Å². The number of amides is 2. The minimum absolute atomic E-state index is 0.502. The van der Waals surface area contributed by atoms with Crippen molar-refractivity contribution in [2.45, 2.75) is 106 Å². The van der Waals surface area contributed by atoms with Gasteiger partial charge in [0.05, 0.1) is 19.8 Å². The first kappa shape index (κ1) is 33.9. The molecule has 41 heavy (non-hydrogen) atoms. The standard InChI is InChI=1S/C23H40N2O16/c1-7(28)24-12-17(33)14(30)9(4-26)38-21(12)37-6-11-16(32)19(35)20(23(36-3)40-11)41-22-13(25-8(2)29)18(34)15(31)10(5-27)39-22/h9-23,26-27,30-35H,4-6H2,1-3H3,(H,24,28)(H,25,29)/t9-,10-,11+,12+,13+,14+,15+,16+,17-,18-,19+,20-,21+,22-,23-/m0/s1. The summed E-state index contributed by atoms with van der Waals surface area (Å²) in [6.45, 7) is 0.419. The molecule has 3 aliphatic rings. The van der Waals surface area contributed by atoms with Gasteiger partial charge in [-0.3, -0.25) is 9.59 Å². The van der Waals surface area contributed by atoms with Crippen LogP contribution in [0, 0.1) is 0 Å². The van der Waals surface area contributed by atoms with E-state index in [1.165, 1.54) is 7.11 Å². The molecule has 0 aromatic rings. The third-order valence-corrected chi connectivity index (χ3v) is 7.09. The summed E-state index contributed by atoms with van der Waals surface area (Å²) >= 11 is 0. The molecule has 0 bridgehead atoms. The zero-order valence-electron chi connectivity index (χ0n) is 22.6. The van der Waals surface area contributed by atoms with E-state index in [2.05, 4.69) is 10.6 Å². The molecule has 0 aliphatic carbocycles. The minimum Gasteiger partial charge on any atom is -0.394 e. The van der Waals surface area contributed by atoms with E-state index >= 15 is 0 Å². The van der Waals surface area contributed by atoms with Crippen LogP contribution in [0.4, 0.5) is 0 Å². The fourth-order valence-corrected chi connectivity index (χ4v) is 4.92. The topological polar surface area (TPSA) is 275 Å². The van der Waals surface area contributed by atoms with E-state index in [-0.39, 0.29) is 0 Å². The number of hydrogen-bond acceptors (Lipinski definition) is 16. The van der Waals surface area contributed by atoms with Crippen molar-refractivity contribution in [3.63, 3.8) is 0 Å². The highest BCUT2D eigenvalue weighted by Gasteiger charge is 2.52. The SMILES string of the molecule is CO[C@H]1O[C@H](CO[C@@H]2O[C@@H](CO)[C@@H](O)[C@@H](O)[C@H]2NC(C)=O)[C@@H](O)[C@@H](O)[C@@H]1O[C@@H]1O[C@@H](CO)[C@@H](O)[C@@H](O)[C@H]1NC(C)=O. The molecule has 15 atom stereocenters. The van der Waals surface area contributed by atoms with Crippen LogP contribution in [0.2, 0.25) is 0 Å². The molecule has 10 N–H and O–H groups in total. The zero-order chi connectivity index (χ0) is 30.6. The molecule has 238 valence electrons. The van der Waals surface area contributed by atoms with Crippen molar-refractivity contribution < 1.29 is 78.9 Å². The highest BCUT2D eigenvalue weighted by Crippen LogP contribution is 2.30. The summed E-state index contributed by atoms with van der Waals surface area (Å²) in [4.78, 5) is 23.3. The maximum absolute atomic E-state index is 11.7. The summed E-state index contributed by atoms with van der Waals surface area (Å²) in [7, 11) is 1.20. The van der Waals surface area contributed by atoms with Crippen LogP contribution < -0.4 is 10.6 Å². The first-order valence-corrected chi connectivity index (χ1v) is 12.9. The average Bonchev–Trinajstić information content (AvgIpc) is 2.93. The van der Waals surface area contributed by atoms with Gasteiger partial charge >= 0.3 is 0 Å². The highest BCUT2D eigenvalue weighted by atomic mass is 16.8. The van der Waals surface area contributed by atoms with Gasteiger partial charge in [-0.05, 0) is 0 Å². The summed E-state index contributed by atoms with van der Waals surface area (Å²) in [6, 6.07) is -2.61. The molecular formula is C23H40N2O16. The molecule has 18 heteroatoms. The van der Waals surface area contributed by atoms with Gasteiger partial charge in [0.1, 0.15) is 73.1 Å². The van der Waals surface area contributed by atoms with E-state index in [0.717, 1.165) is 13.8 Å². The van der Waals surface area contributed by atoms with Crippen molar-refractivity contribution >= 4 is 11.8 Å². The van der Waals surface area contributed by atoms with Crippen molar-refractivity contribution in [3.05, 3.63) is 0 Å². The third kappa shape index (κ3) is 7.67. The summed E-state index contributed by atoms with van der Waals surface area (Å²) in [6.07, 6.45) is -19.5. The molecule has 0 saturated carbocycles. The number of methoxy groups -OCH3 is 1. The van der Waals surface area contributed by atoms with Crippen LogP contribution >= 0.6 is 0 Å². The van der Waals surface area contributed by atoms with Crippen LogP contribution in [0.5, 0.6) is 0 Å². The molecule has 3 aliphatic heterocycles. The van der Waals surface area contributed by atoms with E-state index in [9.17, 15) is 50.4 Å². The molecule has 3 fully saturated rings. The van der Waals surface area contributed by atoms with Gasteiger partial charge in [-0.2, -0.15) is 0 Å². The zero-order valence-corrected chi connectivity index (χ0v) is 22.6. The summed E-state index contributed by atoms with van der Waals surface area (Å²) in [5.74, 6) is -1.18. The predicted molar refractivity (Wildman–Crippen MR) is 129 cm³/mol. The second-order valence-electron chi connectivity index (χ2n) is 10.1. The van der Waals surface area contributed by atoms with Crippen LogP contribution in [-0.2, 0) is 38.0 Å². The molecule has 0 unspecified atom stereocenters. The first-order valence-electron chi connectivity index (χ1n) is 12.9. The lowest BCUT2D eigenvalue weighted by atomic mass is 9.95. The number of carbonyl (C=O) groups is 2. The van der Waals surface area contributed by atoms with Crippen LogP contribution in [0.25, 0.3) is 0 Å². The molecule has 0 radical (unpaired) electrons. The number of aliphatic hydroxyl groups excluding tert-OH is 8. The van der Waals surface area contributed by atoms with Crippen molar-refractivity contribution in [2.75, 3.05) is 26.9 Å². The lowest BCUT2D eigenvalue weighted by Crippen LogP contribution is -2.68. The van der Waals surface area contributed by atoms with Crippen LogP contribution in [0.15, 0.2) is 0 Å². The fourth-order valence-electron chi connectivity index (χ4n) is 4.92. The van der Waals surface area contributed by atoms with Gasteiger partial charge in [0.25, 0.3) is 0 Å². The Morgan fingerprint density at radius 1 is 0.659 bits per heavy atom. The minimum atomic E-state index is -1.74. The summed E-state index contributed by atoms with van der Waals surface area (Å²) in [5, 5.41) is 86.8. The van der Waals surface area contributed by atoms with Gasteiger partial charge in [0.15, 0.2) is 18.9 Å². The van der Waals surface area contributed by atoms with E-state index < -0.39 is 124 Å². The summed E-state index contributed by atoms with van der Waals surface area (Å²) < 4.78 is 33.3. The number of rotatable bonds is 10. The largest absolute Gasteiger partial charge is 0.394 e. The molecule has 0 aromatic heterocycles. The van der Waals surface area contributed by atoms with Crippen molar-refractivity contribution in [3.8, 4) is 0 Å². The fraction of sp³-hybridized carbons (Fsp3) is 0.913. The van der Waals surface area contributed by atoms with E-state index in [1.807, 2.05) is 0 Å². The number of nitrogens with one attached hydrogen (secondary N) is 2. The smallest absolute Gasteiger partial charge is 0.217 e. The monoisotopic (exact) mass is 600 g/mol. The van der Waals surface area contributed by atoms with Gasteiger partial charge in [-0.25, -0.2) is 0 Å². The van der Waals surface area contributed by atoms with Crippen LogP contribution in [0.3, 0.4) is 0 Å². The van der Waals surface area contributed by atoms with Gasteiger partial charge in [-0.1, -0.05) is 0 Å². The second kappa shape index (κ2) is 14.7. The number of carbonyl (C=O) groups excluding carboxylic acids is 2. The quantitative estimate of drug-likeness (QED) is 0.112. The number of aliphatic hydroxyl groups is 8. The Morgan fingerprint density at radius 3 is 1.56 bits per heavy atom. The Kier molecular flexibility index (Phi) is 12.2. The molecule has 3 rings (SSSR count). The average molecular weight is 601 g/mol. The maximum Gasteiger partial charge on any atom is 0.217 e. The lowest BCUT2D eigenvalue weighted by Gasteiger charge is -2.47. The molecule has 0 spiro atoms. The predicted octanol–water partition coefficient (Wildman–Crippen LogP) is -6.63. The molecule has 3 heterocycles. The van der Waals surface area contributed by atoms with E-state index in [1.54, 1.807) is 0 Å². The van der Waals surface area contributed by atoms with Gasteiger partial charge in [0, 0.05) is 21.0 Å². The maximum atomic E-state index is 11.7. The van der Waals surface area contributed by atoms with Crippen molar-refractivity contribution in [1.29, 1.82) is 0 Å². The molecular weight excluding hydrogens is 560 g/mol. The second-order valence-corrected chi connectivity index (χ2v) is 10.1. The molecule has 18 nitrogen and oxygen atoms in total. The lowest BCUT2D eigenvalue weighted by molar-refractivity contribution is -0.357. The van der Waals surface area contributed by atoms with Gasteiger partial charge in [-0.15, -0.1) is 0 Å². The Balaban J connectivity index is 1.72. The number of ether oxygens (including phenoxy) is 6. The number of hydrogen-bond donors (Lipinski definition) is 10. The van der Waals surface area contributed by atoms with Crippen LogP contribution in [0.1, 0.15) is 13.8 Å². The van der Waals surface area contributed by atoms with Crippen LogP contribution in [-0.4, -0.2) is 172 Å². The molecule has 0 aromatic carbocycles.